The van der Waals surface area contributed by atoms with Crippen molar-refractivity contribution >= 4 is 44.0 Å². The third-order valence-electron chi connectivity index (χ3n) is 5.42. The SMILES string of the molecule is Cc1nc(NC(=O)C2CCN(S(=O)(=O)c3ccc(F)c(Cl)c3)CC2)sc1-c1ccccc1. The van der Waals surface area contributed by atoms with Gasteiger partial charge in [0, 0.05) is 19.0 Å². The summed E-state index contributed by atoms with van der Waals surface area (Å²) < 4.78 is 40.3. The summed E-state index contributed by atoms with van der Waals surface area (Å²) in [6.45, 7) is 2.29. The number of carbonyl (C=O) groups excluding carboxylic acids is 1. The Morgan fingerprint density at radius 3 is 2.53 bits per heavy atom. The van der Waals surface area contributed by atoms with Gasteiger partial charge in [0.25, 0.3) is 0 Å². The van der Waals surface area contributed by atoms with E-state index in [2.05, 4.69) is 10.3 Å². The fourth-order valence-corrected chi connectivity index (χ4v) is 6.38. The molecule has 2 aromatic carbocycles. The Hall–Kier alpha value is -2.33. The van der Waals surface area contributed by atoms with Crippen molar-refractivity contribution in [1.82, 2.24) is 9.29 Å². The van der Waals surface area contributed by atoms with E-state index < -0.39 is 15.8 Å². The van der Waals surface area contributed by atoms with Crippen LogP contribution in [0.5, 0.6) is 0 Å². The summed E-state index contributed by atoms with van der Waals surface area (Å²) in [4.78, 5) is 18.2. The maximum absolute atomic E-state index is 13.4. The number of aryl methyl sites for hydroxylation is 1. The standard InChI is InChI=1S/C22H21ClFN3O3S2/c1-14-20(15-5-3-2-4-6-15)31-22(25-14)26-21(28)16-9-11-27(12-10-16)32(29,30)17-7-8-19(24)18(23)13-17/h2-8,13,16H,9-12H2,1H3,(H,25,26,28). The summed E-state index contributed by atoms with van der Waals surface area (Å²) in [5.74, 6) is -1.16. The molecule has 1 aliphatic heterocycles. The zero-order chi connectivity index (χ0) is 22.9. The number of hydrogen-bond donors (Lipinski definition) is 1. The Kier molecular flexibility index (Phi) is 6.62. The average Bonchev–Trinajstić information content (AvgIpc) is 3.16. The highest BCUT2D eigenvalue weighted by Crippen LogP contribution is 2.33. The molecule has 3 aromatic rings. The lowest BCUT2D eigenvalue weighted by Gasteiger charge is -2.30. The van der Waals surface area contributed by atoms with Crippen molar-refractivity contribution in [1.29, 1.82) is 0 Å². The number of thiazole rings is 1. The minimum atomic E-state index is -3.80. The second-order valence-corrected chi connectivity index (χ2v) is 10.9. The van der Waals surface area contributed by atoms with Gasteiger partial charge in [0.2, 0.25) is 15.9 Å². The van der Waals surface area contributed by atoms with Gasteiger partial charge in [0.1, 0.15) is 5.82 Å². The van der Waals surface area contributed by atoms with Crippen molar-refractivity contribution < 1.29 is 17.6 Å². The molecule has 0 bridgehead atoms. The van der Waals surface area contributed by atoms with Crippen LogP contribution in [0.1, 0.15) is 18.5 Å². The van der Waals surface area contributed by atoms with Crippen molar-refractivity contribution in [3.05, 3.63) is 65.1 Å². The van der Waals surface area contributed by atoms with Crippen LogP contribution in [0.2, 0.25) is 5.02 Å². The molecule has 32 heavy (non-hydrogen) atoms. The van der Waals surface area contributed by atoms with E-state index in [9.17, 15) is 17.6 Å². The third kappa shape index (κ3) is 4.71. The smallest absolute Gasteiger partial charge is 0.243 e. The van der Waals surface area contributed by atoms with Crippen LogP contribution in [0.15, 0.2) is 53.4 Å². The minimum absolute atomic E-state index is 0.0569. The number of sulfonamides is 1. The maximum atomic E-state index is 13.4. The summed E-state index contributed by atoms with van der Waals surface area (Å²) in [6, 6.07) is 13.2. The lowest BCUT2D eigenvalue weighted by atomic mass is 9.97. The van der Waals surface area contributed by atoms with E-state index in [1.165, 1.54) is 21.7 Å². The molecule has 0 unspecified atom stereocenters. The predicted molar refractivity (Wildman–Crippen MR) is 124 cm³/mol. The molecule has 1 fully saturated rings. The molecule has 0 aliphatic carbocycles. The molecule has 0 radical (unpaired) electrons. The van der Waals surface area contributed by atoms with Crippen LogP contribution >= 0.6 is 22.9 Å². The Bertz CT molecular complexity index is 1240. The number of rotatable bonds is 5. The summed E-state index contributed by atoms with van der Waals surface area (Å²) in [6.07, 6.45) is 0.770. The van der Waals surface area contributed by atoms with Crippen LogP contribution in [0.25, 0.3) is 10.4 Å². The molecule has 0 spiro atoms. The lowest BCUT2D eigenvalue weighted by Crippen LogP contribution is -2.41. The van der Waals surface area contributed by atoms with Gasteiger partial charge >= 0.3 is 0 Å². The maximum Gasteiger partial charge on any atom is 0.243 e. The summed E-state index contributed by atoms with van der Waals surface area (Å²) >= 11 is 7.15. The molecular formula is C22H21ClFN3O3S2. The third-order valence-corrected chi connectivity index (χ3v) is 8.72. The van der Waals surface area contributed by atoms with Crippen molar-refractivity contribution in [2.75, 3.05) is 18.4 Å². The van der Waals surface area contributed by atoms with Crippen molar-refractivity contribution in [2.24, 2.45) is 5.92 Å². The van der Waals surface area contributed by atoms with E-state index in [1.807, 2.05) is 37.3 Å². The number of hydrogen-bond acceptors (Lipinski definition) is 5. The Balaban J connectivity index is 1.39. The molecule has 1 amide bonds. The molecule has 1 aromatic heterocycles. The molecule has 10 heteroatoms. The quantitative estimate of drug-likeness (QED) is 0.545. The van der Waals surface area contributed by atoms with Gasteiger partial charge in [-0.25, -0.2) is 17.8 Å². The van der Waals surface area contributed by atoms with Gasteiger partial charge < -0.3 is 5.32 Å². The average molecular weight is 494 g/mol. The van der Waals surface area contributed by atoms with E-state index in [-0.39, 0.29) is 34.8 Å². The van der Waals surface area contributed by atoms with E-state index in [1.54, 1.807) is 0 Å². The van der Waals surface area contributed by atoms with Crippen molar-refractivity contribution in [3.8, 4) is 10.4 Å². The van der Waals surface area contributed by atoms with E-state index in [0.717, 1.165) is 28.3 Å². The van der Waals surface area contributed by atoms with E-state index in [0.29, 0.717) is 18.0 Å². The molecule has 0 atom stereocenters. The largest absolute Gasteiger partial charge is 0.302 e. The van der Waals surface area contributed by atoms with Gasteiger partial charge in [-0.3, -0.25) is 4.79 Å². The van der Waals surface area contributed by atoms with Crippen LogP contribution < -0.4 is 5.32 Å². The van der Waals surface area contributed by atoms with Crippen LogP contribution in [-0.4, -0.2) is 36.7 Å². The first-order valence-electron chi connectivity index (χ1n) is 10.0. The van der Waals surface area contributed by atoms with Crippen LogP contribution in [0.3, 0.4) is 0 Å². The molecule has 6 nitrogen and oxygen atoms in total. The number of amides is 1. The zero-order valence-electron chi connectivity index (χ0n) is 17.2. The Labute approximate surface area is 195 Å². The van der Waals surface area contributed by atoms with E-state index in [4.69, 9.17) is 11.6 Å². The van der Waals surface area contributed by atoms with Crippen LogP contribution in [0.4, 0.5) is 9.52 Å². The Morgan fingerprint density at radius 1 is 1.19 bits per heavy atom. The lowest BCUT2D eigenvalue weighted by molar-refractivity contribution is -0.120. The highest BCUT2D eigenvalue weighted by molar-refractivity contribution is 7.89. The second kappa shape index (κ2) is 9.27. The first kappa shape index (κ1) is 22.8. The molecule has 168 valence electrons. The molecule has 1 N–H and O–H groups in total. The highest BCUT2D eigenvalue weighted by atomic mass is 35.5. The fraction of sp³-hybridized carbons (Fsp3) is 0.273. The van der Waals surface area contributed by atoms with Gasteiger partial charge in [-0.05, 0) is 43.5 Å². The van der Waals surface area contributed by atoms with Gasteiger partial charge in [0.05, 0.1) is 20.5 Å². The number of carbonyl (C=O) groups is 1. The Morgan fingerprint density at radius 2 is 1.88 bits per heavy atom. The number of halogens is 2. The monoisotopic (exact) mass is 493 g/mol. The van der Waals surface area contributed by atoms with Gasteiger partial charge in [0.15, 0.2) is 5.13 Å². The number of benzene rings is 2. The normalized spacial score (nSPS) is 15.6. The highest BCUT2D eigenvalue weighted by Gasteiger charge is 2.32. The van der Waals surface area contributed by atoms with Gasteiger partial charge in [-0.15, -0.1) is 0 Å². The molecule has 4 rings (SSSR count). The molecule has 0 saturated carbocycles. The predicted octanol–water partition coefficient (Wildman–Crippen LogP) is 4.95. The zero-order valence-corrected chi connectivity index (χ0v) is 19.6. The topological polar surface area (TPSA) is 79.4 Å². The second-order valence-electron chi connectivity index (χ2n) is 7.54. The summed E-state index contributed by atoms with van der Waals surface area (Å²) in [5.41, 5.74) is 1.89. The fourth-order valence-electron chi connectivity index (χ4n) is 3.66. The van der Waals surface area contributed by atoms with Gasteiger partial charge in [-0.1, -0.05) is 53.3 Å². The molecule has 2 heterocycles. The first-order valence-corrected chi connectivity index (χ1v) is 12.7. The van der Waals surface area contributed by atoms with Crippen molar-refractivity contribution in [2.45, 2.75) is 24.7 Å². The number of anilines is 1. The molecule has 1 saturated heterocycles. The molecule has 1 aliphatic rings. The summed E-state index contributed by atoms with van der Waals surface area (Å²) in [7, 11) is -3.80. The number of nitrogens with one attached hydrogen (secondary N) is 1. The van der Waals surface area contributed by atoms with E-state index >= 15 is 0 Å². The first-order chi connectivity index (χ1) is 15.3. The number of piperidine rings is 1. The van der Waals surface area contributed by atoms with Crippen molar-refractivity contribution in [3.63, 3.8) is 0 Å². The van der Waals surface area contributed by atoms with Gasteiger partial charge in [-0.2, -0.15) is 4.31 Å². The molecular weight excluding hydrogens is 473 g/mol. The van der Waals surface area contributed by atoms with Crippen LogP contribution in [0, 0.1) is 18.7 Å². The number of nitrogens with zero attached hydrogens (tertiary/aromatic N) is 2. The minimum Gasteiger partial charge on any atom is -0.302 e. The number of aromatic nitrogens is 1. The summed E-state index contributed by atoms with van der Waals surface area (Å²) in [5, 5.41) is 3.17. The van der Waals surface area contributed by atoms with Crippen LogP contribution in [-0.2, 0) is 14.8 Å².